The molecule has 74 valence electrons. The van der Waals surface area contributed by atoms with Crippen LogP contribution in [0.25, 0.3) is 0 Å². The molecule has 0 heterocycles. The Hall–Kier alpha value is -1.58. The Labute approximate surface area is 82.3 Å². The molecule has 6 heteroatoms. The zero-order valence-electron chi connectivity index (χ0n) is 7.48. The van der Waals surface area contributed by atoms with Gasteiger partial charge < -0.3 is 0 Å². The fourth-order valence-electron chi connectivity index (χ4n) is 0.955. The number of benzene rings is 1. The van der Waals surface area contributed by atoms with Gasteiger partial charge in [0.15, 0.2) is 0 Å². The number of rotatable bonds is 2. The van der Waals surface area contributed by atoms with Crippen LogP contribution < -0.4 is 9.86 Å². The third-order valence-corrected chi connectivity index (χ3v) is 2.12. The summed E-state index contributed by atoms with van der Waals surface area (Å²) in [5.74, 6) is 0. The van der Waals surface area contributed by atoms with E-state index in [1.54, 1.807) is 19.1 Å². The minimum Gasteiger partial charge on any atom is -0.271 e. The second kappa shape index (κ2) is 3.65. The Bertz CT molecular complexity index is 488. The van der Waals surface area contributed by atoms with E-state index in [4.69, 9.17) is 10.4 Å². The summed E-state index contributed by atoms with van der Waals surface area (Å²) >= 11 is 0. The lowest BCUT2D eigenvalue weighted by Gasteiger charge is -2.06. The normalized spacial score (nSPS) is 10.6. The zero-order chi connectivity index (χ0) is 10.8. The molecule has 1 aromatic rings. The zero-order valence-corrected chi connectivity index (χ0v) is 8.30. The summed E-state index contributed by atoms with van der Waals surface area (Å²) in [6, 6.07) is 6.58. The molecule has 1 rings (SSSR count). The lowest BCUT2D eigenvalue weighted by Crippen LogP contribution is -2.22. The van der Waals surface area contributed by atoms with Gasteiger partial charge in [0, 0.05) is 0 Å². The van der Waals surface area contributed by atoms with E-state index in [1.807, 2.05) is 6.07 Å². The third kappa shape index (κ3) is 2.73. The van der Waals surface area contributed by atoms with E-state index in [1.165, 1.54) is 6.07 Å². The topological polar surface area (TPSA) is 96.0 Å². The third-order valence-electron chi connectivity index (χ3n) is 1.62. The van der Waals surface area contributed by atoms with Gasteiger partial charge in [0.05, 0.1) is 17.3 Å². The molecule has 0 radical (unpaired) electrons. The molecule has 0 aliphatic rings. The molecular weight excluding hydrogens is 202 g/mol. The summed E-state index contributed by atoms with van der Waals surface area (Å²) in [5, 5.41) is 13.4. The van der Waals surface area contributed by atoms with Gasteiger partial charge in [-0.3, -0.25) is 4.72 Å². The van der Waals surface area contributed by atoms with Crippen molar-refractivity contribution >= 4 is 15.9 Å². The van der Waals surface area contributed by atoms with Crippen molar-refractivity contribution in [2.45, 2.75) is 6.92 Å². The van der Waals surface area contributed by atoms with Crippen LogP contribution in [0.4, 0.5) is 5.69 Å². The van der Waals surface area contributed by atoms with Crippen molar-refractivity contribution < 1.29 is 8.42 Å². The first kappa shape index (κ1) is 10.5. The highest BCUT2D eigenvalue weighted by atomic mass is 32.2. The molecule has 0 saturated heterocycles. The van der Waals surface area contributed by atoms with E-state index in [-0.39, 0.29) is 0 Å². The number of nitriles is 1. The standard InChI is InChI=1S/C8H9N3O2S/c1-6-2-3-7(5-9)4-8(6)11-14(10,12)13/h2-4,11H,1H3,(H2,10,12,13). The first-order valence-electron chi connectivity index (χ1n) is 3.73. The maximum Gasteiger partial charge on any atom is 0.296 e. The molecule has 0 aliphatic heterocycles. The largest absolute Gasteiger partial charge is 0.296 e. The lowest BCUT2D eigenvalue weighted by molar-refractivity contribution is 0.603. The van der Waals surface area contributed by atoms with Gasteiger partial charge in [0.25, 0.3) is 10.2 Å². The van der Waals surface area contributed by atoms with Crippen molar-refractivity contribution in [3.8, 4) is 6.07 Å². The molecular formula is C8H9N3O2S. The molecule has 0 spiro atoms. The minimum absolute atomic E-state index is 0.326. The monoisotopic (exact) mass is 211 g/mol. The molecule has 1 aromatic carbocycles. The van der Waals surface area contributed by atoms with Crippen LogP contribution in [0.15, 0.2) is 18.2 Å². The van der Waals surface area contributed by atoms with Gasteiger partial charge in [-0.2, -0.15) is 13.7 Å². The average Bonchev–Trinajstić information content (AvgIpc) is 2.06. The van der Waals surface area contributed by atoms with E-state index >= 15 is 0 Å². The van der Waals surface area contributed by atoms with Gasteiger partial charge in [-0.15, -0.1) is 0 Å². The molecule has 0 bridgehead atoms. The van der Waals surface area contributed by atoms with Crippen LogP contribution in [0.1, 0.15) is 11.1 Å². The molecule has 0 amide bonds. The fraction of sp³-hybridized carbons (Fsp3) is 0.125. The number of nitrogens with zero attached hydrogens (tertiary/aromatic N) is 1. The van der Waals surface area contributed by atoms with Crippen LogP contribution in [-0.2, 0) is 10.2 Å². The van der Waals surface area contributed by atoms with Crippen molar-refractivity contribution in [3.63, 3.8) is 0 Å². The SMILES string of the molecule is Cc1ccc(C#N)cc1NS(N)(=O)=O. The number of aryl methyl sites for hydroxylation is 1. The minimum atomic E-state index is -3.78. The molecule has 3 N–H and O–H groups in total. The van der Waals surface area contributed by atoms with Crippen LogP contribution >= 0.6 is 0 Å². The van der Waals surface area contributed by atoms with Gasteiger partial charge in [0.2, 0.25) is 0 Å². The predicted octanol–water partition coefficient (Wildman–Crippen LogP) is 0.482. The van der Waals surface area contributed by atoms with Crippen LogP contribution in [0.3, 0.4) is 0 Å². The molecule has 0 saturated carbocycles. The Kier molecular flexibility index (Phi) is 2.74. The Morgan fingerprint density at radius 2 is 2.14 bits per heavy atom. The van der Waals surface area contributed by atoms with E-state index in [9.17, 15) is 8.42 Å². The maximum atomic E-state index is 10.7. The summed E-state index contributed by atoms with van der Waals surface area (Å²) in [5.41, 5.74) is 1.41. The van der Waals surface area contributed by atoms with E-state index in [0.717, 1.165) is 0 Å². The van der Waals surface area contributed by atoms with Crippen molar-refractivity contribution in [1.29, 1.82) is 5.26 Å². The first-order valence-corrected chi connectivity index (χ1v) is 5.28. The highest BCUT2D eigenvalue weighted by Gasteiger charge is 2.05. The van der Waals surface area contributed by atoms with Crippen molar-refractivity contribution in [3.05, 3.63) is 29.3 Å². The van der Waals surface area contributed by atoms with Crippen molar-refractivity contribution in [2.75, 3.05) is 4.72 Å². The molecule has 0 aliphatic carbocycles. The summed E-state index contributed by atoms with van der Waals surface area (Å²) in [6.07, 6.45) is 0. The first-order chi connectivity index (χ1) is 6.42. The Morgan fingerprint density at radius 3 is 2.64 bits per heavy atom. The second-order valence-electron chi connectivity index (χ2n) is 2.79. The number of nitrogens with one attached hydrogen (secondary N) is 1. The molecule has 0 fully saturated rings. The van der Waals surface area contributed by atoms with E-state index in [0.29, 0.717) is 16.8 Å². The quantitative estimate of drug-likeness (QED) is 0.744. The van der Waals surface area contributed by atoms with Crippen LogP contribution in [-0.4, -0.2) is 8.42 Å². The predicted molar refractivity (Wildman–Crippen MR) is 52.6 cm³/mol. The summed E-state index contributed by atoms with van der Waals surface area (Å²) in [6.45, 7) is 1.72. The summed E-state index contributed by atoms with van der Waals surface area (Å²) in [7, 11) is -3.78. The van der Waals surface area contributed by atoms with Gasteiger partial charge >= 0.3 is 0 Å². The van der Waals surface area contributed by atoms with Crippen molar-refractivity contribution in [1.82, 2.24) is 0 Å². The second-order valence-corrected chi connectivity index (χ2v) is 4.08. The van der Waals surface area contributed by atoms with E-state index < -0.39 is 10.2 Å². The van der Waals surface area contributed by atoms with Crippen LogP contribution in [0, 0.1) is 18.3 Å². The highest BCUT2D eigenvalue weighted by molar-refractivity contribution is 7.90. The molecule has 5 nitrogen and oxygen atoms in total. The smallest absolute Gasteiger partial charge is 0.271 e. The molecule has 14 heavy (non-hydrogen) atoms. The lowest BCUT2D eigenvalue weighted by atomic mass is 10.1. The van der Waals surface area contributed by atoms with Crippen LogP contribution in [0.2, 0.25) is 0 Å². The molecule has 0 atom stereocenters. The van der Waals surface area contributed by atoms with Gasteiger partial charge in [-0.05, 0) is 24.6 Å². The fourth-order valence-corrected chi connectivity index (χ4v) is 1.48. The maximum absolute atomic E-state index is 10.7. The number of anilines is 1. The van der Waals surface area contributed by atoms with Crippen molar-refractivity contribution in [2.24, 2.45) is 5.14 Å². The summed E-state index contributed by atoms with van der Waals surface area (Å²) in [4.78, 5) is 0. The van der Waals surface area contributed by atoms with E-state index in [2.05, 4.69) is 4.72 Å². The molecule has 0 unspecified atom stereocenters. The Balaban J connectivity index is 3.15. The van der Waals surface area contributed by atoms with Gasteiger partial charge in [0.1, 0.15) is 0 Å². The number of hydrogen-bond acceptors (Lipinski definition) is 3. The summed E-state index contributed by atoms with van der Waals surface area (Å²) < 4.78 is 23.6. The van der Waals surface area contributed by atoms with Crippen LogP contribution in [0.5, 0.6) is 0 Å². The average molecular weight is 211 g/mol. The highest BCUT2D eigenvalue weighted by Crippen LogP contribution is 2.16. The number of nitrogens with two attached hydrogens (primary N) is 1. The van der Waals surface area contributed by atoms with Gasteiger partial charge in [-0.25, -0.2) is 5.14 Å². The number of hydrogen-bond donors (Lipinski definition) is 2. The molecule has 0 aromatic heterocycles. The Morgan fingerprint density at radius 1 is 1.50 bits per heavy atom. The van der Waals surface area contributed by atoms with Gasteiger partial charge in [-0.1, -0.05) is 6.07 Å².